The number of alkyl halides is 3. The summed E-state index contributed by atoms with van der Waals surface area (Å²) in [6.45, 7) is 0.593. The number of nitrogens with one attached hydrogen (secondary N) is 1. The van der Waals surface area contributed by atoms with Gasteiger partial charge in [-0.1, -0.05) is 12.1 Å². The summed E-state index contributed by atoms with van der Waals surface area (Å²) in [5.74, 6) is -0.609. The first-order valence-corrected chi connectivity index (χ1v) is 7.46. The van der Waals surface area contributed by atoms with Crippen LogP contribution in [0.3, 0.4) is 0 Å². The maximum Gasteiger partial charge on any atom is 0.406 e. The molecule has 0 spiro atoms. The van der Waals surface area contributed by atoms with Gasteiger partial charge in [0.05, 0.1) is 5.56 Å². The Hall–Kier alpha value is -2.02. The van der Waals surface area contributed by atoms with Crippen LogP contribution in [0.2, 0.25) is 0 Å². The number of carbonyl (C=O) groups excluding carboxylic acids is 1. The standard InChI is InChI=1S/C15H13F3N2OS/c1-9-6-7-12(22-9)13-19-11-5-3-2-4-10(11)14(21)20(13)8-15(16,17)18/h2-7,13,19H,8H2,1H3. The second-order valence-electron chi connectivity index (χ2n) is 5.09. The molecule has 1 unspecified atom stereocenters. The lowest BCUT2D eigenvalue weighted by Gasteiger charge is -2.37. The van der Waals surface area contributed by atoms with Gasteiger partial charge in [-0.05, 0) is 31.2 Å². The second-order valence-corrected chi connectivity index (χ2v) is 6.41. The van der Waals surface area contributed by atoms with Gasteiger partial charge >= 0.3 is 6.18 Å². The van der Waals surface area contributed by atoms with Crippen LogP contribution >= 0.6 is 11.3 Å². The number of benzene rings is 1. The Morgan fingerprint density at radius 3 is 2.59 bits per heavy atom. The summed E-state index contributed by atoms with van der Waals surface area (Å²) in [5.41, 5.74) is 0.818. The minimum atomic E-state index is -4.45. The molecule has 0 fully saturated rings. The predicted molar refractivity (Wildman–Crippen MR) is 79.0 cm³/mol. The fourth-order valence-electron chi connectivity index (χ4n) is 2.47. The zero-order chi connectivity index (χ0) is 15.9. The van der Waals surface area contributed by atoms with E-state index in [-0.39, 0.29) is 5.56 Å². The molecule has 1 atom stereocenters. The molecule has 2 heterocycles. The van der Waals surface area contributed by atoms with E-state index in [1.165, 1.54) is 17.4 Å². The van der Waals surface area contributed by atoms with Crippen LogP contribution < -0.4 is 5.32 Å². The summed E-state index contributed by atoms with van der Waals surface area (Å²) in [4.78, 5) is 15.0. The van der Waals surface area contributed by atoms with Crippen molar-refractivity contribution in [1.29, 1.82) is 0 Å². The van der Waals surface area contributed by atoms with Crippen LogP contribution in [0.1, 0.15) is 26.3 Å². The molecule has 3 nitrogen and oxygen atoms in total. The first-order valence-electron chi connectivity index (χ1n) is 6.65. The summed E-state index contributed by atoms with van der Waals surface area (Å²) in [6, 6.07) is 10.2. The van der Waals surface area contributed by atoms with Crippen LogP contribution in [0.4, 0.5) is 18.9 Å². The molecule has 1 aromatic heterocycles. The van der Waals surface area contributed by atoms with Crippen molar-refractivity contribution in [3.8, 4) is 0 Å². The van der Waals surface area contributed by atoms with Crippen molar-refractivity contribution in [3.63, 3.8) is 0 Å². The zero-order valence-electron chi connectivity index (χ0n) is 11.6. The van der Waals surface area contributed by atoms with Crippen LogP contribution in [-0.4, -0.2) is 23.5 Å². The highest BCUT2D eigenvalue weighted by Crippen LogP contribution is 2.37. The third-order valence-electron chi connectivity index (χ3n) is 3.40. The summed E-state index contributed by atoms with van der Waals surface area (Å²) in [7, 11) is 0. The Labute approximate surface area is 129 Å². The molecule has 116 valence electrons. The number of hydrogen-bond donors (Lipinski definition) is 1. The van der Waals surface area contributed by atoms with Gasteiger partial charge in [-0.2, -0.15) is 13.2 Å². The van der Waals surface area contributed by atoms with Crippen molar-refractivity contribution in [1.82, 2.24) is 4.90 Å². The van der Waals surface area contributed by atoms with Gasteiger partial charge in [-0.25, -0.2) is 0 Å². The number of fused-ring (bicyclic) bond motifs is 1. The molecule has 0 saturated heterocycles. The molecule has 2 aromatic rings. The maximum absolute atomic E-state index is 12.9. The van der Waals surface area contributed by atoms with Gasteiger partial charge in [-0.3, -0.25) is 4.79 Å². The molecule has 1 N–H and O–H groups in total. The van der Waals surface area contributed by atoms with E-state index in [1.807, 2.05) is 13.0 Å². The quantitative estimate of drug-likeness (QED) is 0.898. The Kier molecular flexibility index (Phi) is 3.60. The number of thiophene rings is 1. The third-order valence-corrected chi connectivity index (χ3v) is 4.46. The Morgan fingerprint density at radius 2 is 1.95 bits per heavy atom. The molecule has 3 rings (SSSR count). The molecular weight excluding hydrogens is 313 g/mol. The van der Waals surface area contributed by atoms with Crippen LogP contribution in [0.15, 0.2) is 36.4 Å². The minimum absolute atomic E-state index is 0.260. The molecule has 7 heteroatoms. The van der Waals surface area contributed by atoms with Gasteiger partial charge in [0.25, 0.3) is 5.91 Å². The minimum Gasteiger partial charge on any atom is -0.360 e. The lowest BCUT2D eigenvalue weighted by Crippen LogP contribution is -2.47. The lowest BCUT2D eigenvalue weighted by molar-refractivity contribution is -0.144. The smallest absolute Gasteiger partial charge is 0.360 e. The van der Waals surface area contributed by atoms with E-state index in [1.54, 1.807) is 24.3 Å². The van der Waals surface area contributed by atoms with Crippen molar-refractivity contribution >= 4 is 22.9 Å². The third kappa shape index (κ3) is 2.81. The van der Waals surface area contributed by atoms with Crippen molar-refractivity contribution in [2.75, 3.05) is 11.9 Å². The van der Waals surface area contributed by atoms with E-state index < -0.39 is 24.8 Å². The number of anilines is 1. The number of amides is 1. The fraction of sp³-hybridized carbons (Fsp3) is 0.267. The lowest BCUT2D eigenvalue weighted by atomic mass is 10.1. The number of halogens is 3. The van der Waals surface area contributed by atoms with Crippen molar-refractivity contribution in [2.24, 2.45) is 0 Å². The fourth-order valence-corrected chi connectivity index (χ4v) is 3.42. The van der Waals surface area contributed by atoms with E-state index >= 15 is 0 Å². The number of para-hydroxylation sites is 1. The molecule has 0 bridgehead atoms. The molecule has 1 amide bonds. The monoisotopic (exact) mass is 326 g/mol. The SMILES string of the molecule is Cc1ccc(C2Nc3ccccc3C(=O)N2CC(F)(F)F)s1. The van der Waals surface area contributed by atoms with Gasteiger partial charge in [0.2, 0.25) is 0 Å². The highest BCUT2D eigenvalue weighted by Gasteiger charge is 2.41. The van der Waals surface area contributed by atoms with Gasteiger partial charge in [0.1, 0.15) is 12.7 Å². The first kappa shape index (κ1) is 14.9. The first-order chi connectivity index (χ1) is 10.3. The van der Waals surface area contributed by atoms with E-state index in [4.69, 9.17) is 0 Å². The van der Waals surface area contributed by atoms with Gasteiger partial charge in [-0.15, -0.1) is 11.3 Å². The normalized spacial score (nSPS) is 18.1. The average Bonchev–Trinajstić information content (AvgIpc) is 2.87. The van der Waals surface area contributed by atoms with Crippen LogP contribution in [0.5, 0.6) is 0 Å². The molecule has 1 aliphatic heterocycles. The Bertz CT molecular complexity index is 711. The highest BCUT2D eigenvalue weighted by molar-refractivity contribution is 7.12. The van der Waals surface area contributed by atoms with Crippen molar-refractivity contribution < 1.29 is 18.0 Å². The van der Waals surface area contributed by atoms with Gasteiger partial charge < -0.3 is 10.2 Å². The van der Waals surface area contributed by atoms with Crippen LogP contribution in [0.25, 0.3) is 0 Å². The highest BCUT2D eigenvalue weighted by atomic mass is 32.1. The van der Waals surface area contributed by atoms with E-state index in [2.05, 4.69) is 5.32 Å². The Morgan fingerprint density at radius 1 is 1.23 bits per heavy atom. The summed E-state index contributed by atoms with van der Waals surface area (Å²) >= 11 is 1.38. The maximum atomic E-state index is 12.9. The largest absolute Gasteiger partial charge is 0.406 e. The second kappa shape index (κ2) is 5.31. The molecular formula is C15H13F3N2OS. The Balaban J connectivity index is 2.04. The number of hydrogen-bond acceptors (Lipinski definition) is 3. The predicted octanol–water partition coefficient (Wildman–Crippen LogP) is 4.19. The number of rotatable bonds is 2. The van der Waals surface area contributed by atoms with Crippen molar-refractivity contribution in [3.05, 3.63) is 51.7 Å². The molecule has 0 aliphatic carbocycles. The molecule has 1 aliphatic rings. The van der Waals surface area contributed by atoms with Crippen molar-refractivity contribution in [2.45, 2.75) is 19.3 Å². The van der Waals surface area contributed by atoms with E-state index in [9.17, 15) is 18.0 Å². The molecule has 1 aromatic carbocycles. The molecule has 0 saturated carbocycles. The summed E-state index contributed by atoms with van der Waals surface area (Å²) < 4.78 is 38.6. The molecule has 0 radical (unpaired) electrons. The topological polar surface area (TPSA) is 32.3 Å². The summed E-state index contributed by atoms with van der Waals surface area (Å²) in [6.07, 6.45) is -5.25. The van der Waals surface area contributed by atoms with Crippen LogP contribution in [0, 0.1) is 6.92 Å². The molecule has 22 heavy (non-hydrogen) atoms. The number of aryl methyl sites for hydroxylation is 1. The summed E-state index contributed by atoms with van der Waals surface area (Å²) in [5, 5.41) is 3.05. The number of carbonyl (C=O) groups is 1. The van der Waals surface area contributed by atoms with E-state index in [0.717, 1.165) is 9.78 Å². The number of nitrogens with zero attached hydrogens (tertiary/aromatic N) is 1. The van der Waals surface area contributed by atoms with E-state index in [0.29, 0.717) is 10.6 Å². The average molecular weight is 326 g/mol. The zero-order valence-corrected chi connectivity index (χ0v) is 12.5. The van der Waals surface area contributed by atoms with Gasteiger partial charge in [0, 0.05) is 15.4 Å². The van der Waals surface area contributed by atoms with Gasteiger partial charge in [0.15, 0.2) is 0 Å². The van der Waals surface area contributed by atoms with Crippen LogP contribution in [-0.2, 0) is 0 Å².